The van der Waals surface area contributed by atoms with E-state index >= 15 is 0 Å². The van der Waals surface area contributed by atoms with Gasteiger partial charge in [0, 0.05) is 18.8 Å². The summed E-state index contributed by atoms with van der Waals surface area (Å²) < 4.78 is 5.10. The van der Waals surface area contributed by atoms with Crippen LogP contribution in [-0.2, 0) is 14.3 Å². The zero-order valence-electron chi connectivity index (χ0n) is 9.85. The minimum atomic E-state index is -0.156. The Morgan fingerprint density at radius 1 is 1.59 bits per heavy atom. The van der Waals surface area contributed by atoms with Gasteiger partial charge < -0.3 is 4.74 Å². The fourth-order valence-corrected chi connectivity index (χ4v) is 3.10. The van der Waals surface area contributed by atoms with Crippen molar-refractivity contribution in [2.45, 2.75) is 32.1 Å². The second kappa shape index (κ2) is 5.45. The van der Waals surface area contributed by atoms with E-state index in [0.29, 0.717) is 25.9 Å². The minimum absolute atomic E-state index is 0.0153. The number of carbonyl (C=O) groups is 2. The number of hydrogen-bond donors (Lipinski definition) is 0. The molecule has 2 rings (SSSR count). The highest BCUT2D eigenvalue weighted by atomic mass is 32.1. The topological polar surface area (TPSA) is 43.4 Å². The summed E-state index contributed by atoms with van der Waals surface area (Å²) >= 11 is 1.60. The number of hydrogen-bond acceptors (Lipinski definition) is 4. The predicted octanol–water partition coefficient (Wildman–Crippen LogP) is 2.76. The maximum atomic E-state index is 11.9. The molecule has 4 heteroatoms. The van der Waals surface area contributed by atoms with Crippen LogP contribution >= 0.6 is 11.3 Å². The maximum absolute atomic E-state index is 11.9. The van der Waals surface area contributed by atoms with Gasteiger partial charge in [0.15, 0.2) is 0 Å². The molecule has 3 nitrogen and oxygen atoms in total. The van der Waals surface area contributed by atoms with Crippen molar-refractivity contribution in [1.29, 1.82) is 0 Å². The summed E-state index contributed by atoms with van der Waals surface area (Å²) in [5.74, 6) is -0.0400. The normalized spacial score (nSPS) is 24.6. The third-order valence-electron chi connectivity index (χ3n) is 3.23. The molecule has 0 spiro atoms. The van der Waals surface area contributed by atoms with Crippen molar-refractivity contribution in [3.05, 3.63) is 22.4 Å². The van der Waals surface area contributed by atoms with E-state index in [1.165, 1.54) is 0 Å². The molecule has 0 aromatic carbocycles. The van der Waals surface area contributed by atoms with Crippen molar-refractivity contribution in [3.63, 3.8) is 0 Å². The number of Topliss-reactive ketones (excluding diaryl/α,β-unsaturated/α-hetero) is 1. The van der Waals surface area contributed by atoms with E-state index in [9.17, 15) is 9.59 Å². The summed E-state index contributed by atoms with van der Waals surface area (Å²) in [7, 11) is 0. The Morgan fingerprint density at radius 2 is 2.41 bits per heavy atom. The van der Waals surface area contributed by atoms with Crippen LogP contribution in [0.25, 0.3) is 0 Å². The second-order valence-corrected chi connectivity index (χ2v) is 5.08. The molecule has 0 bridgehead atoms. The van der Waals surface area contributed by atoms with Crippen LogP contribution in [0.5, 0.6) is 0 Å². The maximum Gasteiger partial charge on any atom is 0.309 e. The Bertz CT molecular complexity index is 397. The van der Waals surface area contributed by atoms with Crippen LogP contribution in [0, 0.1) is 5.92 Å². The summed E-state index contributed by atoms with van der Waals surface area (Å²) in [5, 5.41) is 4.01. The molecule has 0 radical (unpaired) electrons. The van der Waals surface area contributed by atoms with Gasteiger partial charge in [-0.1, -0.05) is 0 Å². The van der Waals surface area contributed by atoms with E-state index in [1.807, 2.05) is 23.8 Å². The molecule has 1 saturated carbocycles. The van der Waals surface area contributed by atoms with Crippen LogP contribution in [0.3, 0.4) is 0 Å². The van der Waals surface area contributed by atoms with Gasteiger partial charge in [0.05, 0.1) is 12.5 Å². The van der Waals surface area contributed by atoms with Crippen LogP contribution < -0.4 is 0 Å². The van der Waals surface area contributed by atoms with E-state index in [0.717, 1.165) is 5.56 Å². The zero-order chi connectivity index (χ0) is 12.3. The molecule has 92 valence electrons. The number of rotatable bonds is 3. The smallest absolute Gasteiger partial charge is 0.309 e. The van der Waals surface area contributed by atoms with Crippen LogP contribution in [0.4, 0.5) is 0 Å². The lowest BCUT2D eigenvalue weighted by atomic mass is 9.76. The van der Waals surface area contributed by atoms with E-state index in [2.05, 4.69) is 0 Å². The first-order valence-electron chi connectivity index (χ1n) is 5.92. The summed E-state index contributed by atoms with van der Waals surface area (Å²) in [6, 6.07) is 2.00. The lowest BCUT2D eigenvalue weighted by Gasteiger charge is -2.28. The van der Waals surface area contributed by atoms with E-state index < -0.39 is 0 Å². The monoisotopic (exact) mass is 252 g/mol. The molecule has 1 aliphatic rings. The summed E-state index contributed by atoms with van der Waals surface area (Å²) in [6.07, 6.45) is 1.60. The molecule has 1 aliphatic carbocycles. The largest absolute Gasteiger partial charge is 0.466 e. The first-order valence-corrected chi connectivity index (χ1v) is 6.87. The molecule has 0 amide bonds. The lowest BCUT2D eigenvalue weighted by Crippen LogP contribution is -2.30. The molecule has 1 aromatic rings. The van der Waals surface area contributed by atoms with Gasteiger partial charge >= 0.3 is 5.97 Å². The molecule has 2 atom stereocenters. The molecule has 1 aromatic heterocycles. The van der Waals surface area contributed by atoms with Gasteiger partial charge in [-0.05, 0) is 35.7 Å². The van der Waals surface area contributed by atoms with Crippen molar-refractivity contribution in [1.82, 2.24) is 0 Å². The number of thiophene rings is 1. The van der Waals surface area contributed by atoms with Gasteiger partial charge in [0.25, 0.3) is 0 Å². The molecule has 0 N–H and O–H groups in total. The molecular formula is C13H16O3S. The first-order chi connectivity index (χ1) is 8.22. The summed E-state index contributed by atoms with van der Waals surface area (Å²) in [5.41, 5.74) is 1.10. The second-order valence-electron chi connectivity index (χ2n) is 4.30. The van der Waals surface area contributed by atoms with Crippen molar-refractivity contribution in [2.24, 2.45) is 5.92 Å². The Hall–Kier alpha value is -1.16. The fraction of sp³-hybridized carbons (Fsp3) is 0.538. The average Bonchev–Trinajstić information content (AvgIpc) is 2.82. The fourth-order valence-electron chi connectivity index (χ4n) is 2.37. The van der Waals surface area contributed by atoms with Crippen molar-refractivity contribution < 1.29 is 14.3 Å². The first kappa shape index (κ1) is 12.3. The van der Waals surface area contributed by atoms with E-state index in [1.54, 1.807) is 11.3 Å². The molecule has 1 fully saturated rings. The highest BCUT2D eigenvalue weighted by Crippen LogP contribution is 2.37. The number of ketones is 1. The van der Waals surface area contributed by atoms with Crippen molar-refractivity contribution >= 4 is 23.1 Å². The highest BCUT2D eigenvalue weighted by Gasteiger charge is 2.36. The third kappa shape index (κ3) is 2.75. The minimum Gasteiger partial charge on any atom is -0.466 e. The van der Waals surface area contributed by atoms with Gasteiger partial charge in [-0.2, -0.15) is 11.3 Å². The predicted molar refractivity (Wildman–Crippen MR) is 66.0 cm³/mol. The Labute approximate surface area is 105 Å². The quantitative estimate of drug-likeness (QED) is 0.777. The Morgan fingerprint density at radius 3 is 3.06 bits per heavy atom. The molecule has 0 aliphatic heterocycles. The van der Waals surface area contributed by atoms with Gasteiger partial charge in [-0.3, -0.25) is 9.59 Å². The number of esters is 1. The van der Waals surface area contributed by atoms with E-state index in [4.69, 9.17) is 4.74 Å². The van der Waals surface area contributed by atoms with Crippen molar-refractivity contribution in [3.8, 4) is 0 Å². The van der Waals surface area contributed by atoms with Crippen LogP contribution in [0.2, 0.25) is 0 Å². The van der Waals surface area contributed by atoms with Crippen molar-refractivity contribution in [2.75, 3.05) is 6.61 Å². The van der Waals surface area contributed by atoms with E-state index in [-0.39, 0.29) is 23.6 Å². The highest BCUT2D eigenvalue weighted by molar-refractivity contribution is 7.08. The molecule has 1 heterocycles. The number of ether oxygens (including phenoxy) is 1. The Kier molecular flexibility index (Phi) is 3.94. The van der Waals surface area contributed by atoms with Gasteiger partial charge in [0.2, 0.25) is 0 Å². The average molecular weight is 252 g/mol. The summed E-state index contributed by atoms with van der Waals surface area (Å²) in [4.78, 5) is 23.4. The standard InChI is InChI=1S/C13H16O3S/c1-2-16-13(15)11-4-3-10(14)7-12(11)9-5-6-17-8-9/h5-6,8,11-12H,2-4,7H2,1H3/t11-,12+/m1/s1. The molecule has 0 saturated heterocycles. The molecule has 0 unspecified atom stereocenters. The van der Waals surface area contributed by atoms with Crippen LogP contribution in [0.15, 0.2) is 16.8 Å². The molecular weight excluding hydrogens is 236 g/mol. The Balaban J connectivity index is 2.17. The van der Waals surface area contributed by atoms with Gasteiger partial charge in [-0.25, -0.2) is 0 Å². The SMILES string of the molecule is CCOC(=O)[C@@H]1CCC(=O)C[C@H]1c1ccsc1. The summed E-state index contributed by atoms with van der Waals surface area (Å²) in [6.45, 7) is 2.21. The van der Waals surface area contributed by atoms with Gasteiger partial charge in [0.1, 0.15) is 5.78 Å². The van der Waals surface area contributed by atoms with Crippen LogP contribution in [-0.4, -0.2) is 18.4 Å². The van der Waals surface area contributed by atoms with Crippen LogP contribution in [0.1, 0.15) is 37.7 Å². The number of carbonyl (C=O) groups excluding carboxylic acids is 2. The van der Waals surface area contributed by atoms with Gasteiger partial charge in [-0.15, -0.1) is 0 Å². The molecule has 17 heavy (non-hydrogen) atoms. The lowest BCUT2D eigenvalue weighted by molar-refractivity contribution is -0.150. The zero-order valence-corrected chi connectivity index (χ0v) is 10.7. The third-order valence-corrected chi connectivity index (χ3v) is 3.93.